The van der Waals surface area contributed by atoms with Crippen LogP contribution in [0.15, 0.2) is 0 Å². The SMILES string of the molecule is CCN(C)C(=O)N1CCSCC1C. The van der Waals surface area contributed by atoms with Crippen molar-refractivity contribution in [2.24, 2.45) is 0 Å². The zero-order valence-corrected chi connectivity index (χ0v) is 9.43. The summed E-state index contributed by atoms with van der Waals surface area (Å²) in [6.45, 7) is 5.80. The van der Waals surface area contributed by atoms with Crippen molar-refractivity contribution >= 4 is 17.8 Å². The molecule has 1 aliphatic rings. The summed E-state index contributed by atoms with van der Waals surface area (Å²) in [6.07, 6.45) is 0. The number of nitrogens with zero attached hydrogens (tertiary/aromatic N) is 2. The number of hydrogen-bond acceptors (Lipinski definition) is 2. The van der Waals surface area contributed by atoms with E-state index >= 15 is 0 Å². The largest absolute Gasteiger partial charge is 0.328 e. The van der Waals surface area contributed by atoms with E-state index in [9.17, 15) is 4.79 Å². The fourth-order valence-electron chi connectivity index (χ4n) is 1.37. The third kappa shape index (κ3) is 2.53. The molecule has 0 N–H and O–H groups in total. The molecular weight excluding hydrogens is 184 g/mol. The zero-order chi connectivity index (χ0) is 9.84. The molecule has 1 heterocycles. The Balaban J connectivity index is 2.53. The maximum Gasteiger partial charge on any atom is 0.320 e. The number of urea groups is 1. The molecule has 0 aromatic heterocycles. The smallest absolute Gasteiger partial charge is 0.320 e. The highest BCUT2D eigenvalue weighted by molar-refractivity contribution is 7.99. The second-order valence-electron chi connectivity index (χ2n) is 3.41. The summed E-state index contributed by atoms with van der Waals surface area (Å²) in [7, 11) is 1.86. The Kier molecular flexibility index (Phi) is 3.90. The average molecular weight is 202 g/mol. The molecule has 1 unspecified atom stereocenters. The summed E-state index contributed by atoms with van der Waals surface area (Å²) in [5.74, 6) is 2.15. The van der Waals surface area contributed by atoms with E-state index in [1.807, 2.05) is 30.6 Å². The summed E-state index contributed by atoms with van der Waals surface area (Å²) in [5.41, 5.74) is 0. The van der Waals surface area contributed by atoms with Gasteiger partial charge in [-0.2, -0.15) is 11.8 Å². The Bertz CT molecular complexity index is 186. The summed E-state index contributed by atoms with van der Waals surface area (Å²) < 4.78 is 0. The molecular formula is C9H18N2OS. The van der Waals surface area contributed by atoms with Crippen LogP contribution in [0.3, 0.4) is 0 Å². The van der Waals surface area contributed by atoms with Gasteiger partial charge in [0.15, 0.2) is 0 Å². The Morgan fingerprint density at radius 3 is 2.92 bits per heavy atom. The van der Waals surface area contributed by atoms with Crippen LogP contribution in [0.2, 0.25) is 0 Å². The molecule has 1 aliphatic heterocycles. The molecule has 0 radical (unpaired) electrons. The molecule has 76 valence electrons. The van der Waals surface area contributed by atoms with Gasteiger partial charge in [-0.25, -0.2) is 4.79 Å². The second kappa shape index (κ2) is 4.74. The fourth-order valence-corrected chi connectivity index (χ4v) is 2.38. The van der Waals surface area contributed by atoms with Gasteiger partial charge in [0.2, 0.25) is 0 Å². The normalized spacial score (nSPS) is 23.0. The predicted molar refractivity (Wildman–Crippen MR) is 57.2 cm³/mol. The molecule has 0 aliphatic carbocycles. The van der Waals surface area contributed by atoms with Crippen molar-refractivity contribution in [1.82, 2.24) is 9.80 Å². The zero-order valence-electron chi connectivity index (χ0n) is 8.62. The fraction of sp³-hybridized carbons (Fsp3) is 0.889. The van der Waals surface area contributed by atoms with Gasteiger partial charge in [-0.15, -0.1) is 0 Å². The van der Waals surface area contributed by atoms with Crippen LogP contribution in [0.1, 0.15) is 13.8 Å². The summed E-state index contributed by atoms with van der Waals surface area (Å²) in [5, 5.41) is 0. The summed E-state index contributed by atoms with van der Waals surface area (Å²) >= 11 is 1.93. The molecule has 0 aromatic rings. The van der Waals surface area contributed by atoms with Crippen LogP contribution in [0.5, 0.6) is 0 Å². The summed E-state index contributed by atoms with van der Waals surface area (Å²) in [6, 6.07) is 0.565. The first-order chi connectivity index (χ1) is 6.16. The minimum Gasteiger partial charge on any atom is -0.328 e. The first-order valence-electron chi connectivity index (χ1n) is 4.76. The van der Waals surface area contributed by atoms with Crippen molar-refractivity contribution in [2.75, 3.05) is 31.6 Å². The van der Waals surface area contributed by atoms with Crippen molar-refractivity contribution in [3.8, 4) is 0 Å². The molecule has 2 amide bonds. The van der Waals surface area contributed by atoms with Crippen LogP contribution in [0.25, 0.3) is 0 Å². The number of thioether (sulfide) groups is 1. The minimum absolute atomic E-state index is 0.176. The number of amides is 2. The lowest BCUT2D eigenvalue weighted by Gasteiger charge is -2.35. The Hall–Kier alpha value is -0.380. The quantitative estimate of drug-likeness (QED) is 0.643. The lowest BCUT2D eigenvalue weighted by atomic mass is 10.3. The number of carbonyl (C=O) groups is 1. The highest BCUT2D eigenvalue weighted by Crippen LogP contribution is 2.16. The Morgan fingerprint density at radius 1 is 1.69 bits per heavy atom. The van der Waals surface area contributed by atoms with Crippen LogP contribution in [-0.2, 0) is 0 Å². The van der Waals surface area contributed by atoms with E-state index in [-0.39, 0.29) is 6.03 Å². The molecule has 0 saturated carbocycles. The molecule has 3 nitrogen and oxygen atoms in total. The molecule has 0 spiro atoms. The van der Waals surface area contributed by atoms with Crippen LogP contribution in [0, 0.1) is 0 Å². The van der Waals surface area contributed by atoms with E-state index in [1.54, 1.807) is 4.90 Å². The van der Waals surface area contributed by atoms with Gasteiger partial charge in [0.25, 0.3) is 0 Å². The minimum atomic E-state index is 0.176. The van der Waals surface area contributed by atoms with Gasteiger partial charge in [0, 0.05) is 37.7 Å². The topological polar surface area (TPSA) is 23.6 Å². The highest BCUT2D eigenvalue weighted by atomic mass is 32.2. The van der Waals surface area contributed by atoms with Crippen LogP contribution in [0.4, 0.5) is 4.79 Å². The van der Waals surface area contributed by atoms with Crippen LogP contribution < -0.4 is 0 Å². The third-order valence-corrected chi connectivity index (χ3v) is 3.60. The van der Waals surface area contributed by atoms with Crippen molar-refractivity contribution < 1.29 is 4.79 Å². The maximum atomic E-state index is 11.8. The lowest BCUT2D eigenvalue weighted by molar-refractivity contribution is 0.154. The van der Waals surface area contributed by atoms with E-state index < -0.39 is 0 Å². The second-order valence-corrected chi connectivity index (χ2v) is 4.56. The first-order valence-corrected chi connectivity index (χ1v) is 5.91. The standard InChI is InChI=1S/C9H18N2OS/c1-4-10(3)9(12)11-5-6-13-7-8(11)2/h8H,4-7H2,1-3H3. The first kappa shape index (κ1) is 10.7. The average Bonchev–Trinajstić information content (AvgIpc) is 2.16. The molecule has 0 aromatic carbocycles. The molecule has 1 atom stereocenters. The van der Waals surface area contributed by atoms with Gasteiger partial charge in [0.05, 0.1) is 0 Å². The van der Waals surface area contributed by atoms with E-state index in [2.05, 4.69) is 6.92 Å². The van der Waals surface area contributed by atoms with Gasteiger partial charge in [-0.1, -0.05) is 0 Å². The van der Waals surface area contributed by atoms with Crippen molar-refractivity contribution in [1.29, 1.82) is 0 Å². The van der Waals surface area contributed by atoms with E-state index in [1.165, 1.54) is 0 Å². The number of carbonyl (C=O) groups excluding carboxylic acids is 1. The summed E-state index contributed by atoms with van der Waals surface area (Å²) in [4.78, 5) is 15.5. The maximum absolute atomic E-state index is 11.8. The lowest BCUT2D eigenvalue weighted by Crippen LogP contribution is -2.49. The van der Waals surface area contributed by atoms with Crippen LogP contribution >= 0.6 is 11.8 Å². The Labute approximate surface area is 84.5 Å². The molecule has 1 fully saturated rings. The number of rotatable bonds is 1. The van der Waals surface area contributed by atoms with Gasteiger partial charge in [0.1, 0.15) is 0 Å². The third-order valence-electron chi connectivity index (χ3n) is 2.41. The van der Waals surface area contributed by atoms with Crippen molar-refractivity contribution in [2.45, 2.75) is 19.9 Å². The highest BCUT2D eigenvalue weighted by Gasteiger charge is 2.24. The van der Waals surface area contributed by atoms with E-state index in [4.69, 9.17) is 0 Å². The molecule has 0 bridgehead atoms. The predicted octanol–water partition coefficient (Wildman–Crippen LogP) is 1.50. The molecule has 1 rings (SSSR count). The van der Waals surface area contributed by atoms with Crippen molar-refractivity contribution in [3.63, 3.8) is 0 Å². The number of hydrogen-bond donors (Lipinski definition) is 0. The van der Waals surface area contributed by atoms with Gasteiger partial charge < -0.3 is 9.80 Å². The van der Waals surface area contributed by atoms with E-state index in [0.29, 0.717) is 6.04 Å². The van der Waals surface area contributed by atoms with Crippen molar-refractivity contribution in [3.05, 3.63) is 0 Å². The van der Waals surface area contributed by atoms with Gasteiger partial charge >= 0.3 is 6.03 Å². The van der Waals surface area contributed by atoms with Crippen LogP contribution in [-0.4, -0.2) is 53.5 Å². The van der Waals surface area contributed by atoms with E-state index in [0.717, 1.165) is 24.6 Å². The molecule has 1 saturated heterocycles. The molecule has 13 heavy (non-hydrogen) atoms. The van der Waals surface area contributed by atoms with Gasteiger partial charge in [-0.3, -0.25) is 0 Å². The van der Waals surface area contributed by atoms with Gasteiger partial charge in [-0.05, 0) is 13.8 Å². The monoisotopic (exact) mass is 202 g/mol. The Morgan fingerprint density at radius 2 is 2.38 bits per heavy atom. The molecule has 4 heteroatoms.